The number of hydrogen-bond donors (Lipinski definition) is 2. The van der Waals surface area contributed by atoms with Gasteiger partial charge >= 0.3 is 0 Å². The van der Waals surface area contributed by atoms with Crippen molar-refractivity contribution < 1.29 is 9.53 Å². The van der Waals surface area contributed by atoms with Gasteiger partial charge in [-0.15, -0.1) is 0 Å². The van der Waals surface area contributed by atoms with Crippen LogP contribution in [0.15, 0.2) is 54.7 Å². The van der Waals surface area contributed by atoms with Crippen molar-refractivity contribution in [1.29, 1.82) is 0 Å². The molecule has 0 saturated carbocycles. The van der Waals surface area contributed by atoms with Crippen LogP contribution in [0.25, 0.3) is 11.3 Å². The minimum absolute atomic E-state index is 0.0132. The number of hydrogen-bond acceptors (Lipinski definition) is 3. The van der Waals surface area contributed by atoms with Gasteiger partial charge in [-0.2, -0.15) is 0 Å². The molecule has 0 atom stereocenters. The first-order valence-electron chi connectivity index (χ1n) is 8.19. The van der Waals surface area contributed by atoms with Gasteiger partial charge < -0.3 is 15.0 Å². The highest BCUT2D eigenvalue weighted by molar-refractivity contribution is 5.91. The van der Waals surface area contributed by atoms with E-state index in [1.165, 1.54) is 0 Å². The van der Waals surface area contributed by atoms with Crippen molar-refractivity contribution >= 4 is 11.6 Å². The van der Waals surface area contributed by atoms with Gasteiger partial charge in [0.05, 0.1) is 19.0 Å². The Labute approximate surface area is 147 Å². The number of ether oxygens (including phenoxy) is 1. The van der Waals surface area contributed by atoms with E-state index in [0.717, 1.165) is 34.1 Å². The van der Waals surface area contributed by atoms with Gasteiger partial charge in [0.2, 0.25) is 5.91 Å². The molecule has 3 aromatic rings. The minimum Gasteiger partial charge on any atom is -0.497 e. The average molecular weight is 335 g/mol. The van der Waals surface area contributed by atoms with E-state index in [-0.39, 0.29) is 5.91 Å². The zero-order valence-electron chi connectivity index (χ0n) is 14.4. The molecule has 5 heteroatoms. The first kappa shape index (κ1) is 16.8. The number of methoxy groups -OCH3 is 1. The average Bonchev–Trinajstić information content (AvgIpc) is 3.07. The largest absolute Gasteiger partial charge is 0.497 e. The third-order valence-corrected chi connectivity index (χ3v) is 3.94. The number of benzene rings is 2. The number of aryl methyl sites for hydroxylation is 2. The number of carbonyl (C=O) groups is 1. The van der Waals surface area contributed by atoms with Crippen molar-refractivity contribution in [1.82, 2.24) is 9.97 Å². The summed E-state index contributed by atoms with van der Waals surface area (Å²) in [4.78, 5) is 19.6. The number of H-pyrrole nitrogens is 1. The van der Waals surface area contributed by atoms with Crippen LogP contribution in [0.5, 0.6) is 5.75 Å². The van der Waals surface area contributed by atoms with Crippen LogP contribution in [-0.4, -0.2) is 23.0 Å². The Morgan fingerprint density at radius 1 is 1.20 bits per heavy atom. The van der Waals surface area contributed by atoms with Crippen LogP contribution >= 0.6 is 0 Å². The number of rotatable bonds is 6. The molecule has 2 N–H and O–H groups in total. The lowest BCUT2D eigenvalue weighted by Crippen LogP contribution is -2.12. The molecule has 128 valence electrons. The van der Waals surface area contributed by atoms with Crippen molar-refractivity contribution in [2.45, 2.75) is 19.8 Å². The van der Waals surface area contributed by atoms with Gasteiger partial charge in [0.1, 0.15) is 11.6 Å². The van der Waals surface area contributed by atoms with Crippen molar-refractivity contribution in [3.05, 3.63) is 66.1 Å². The summed E-state index contributed by atoms with van der Waals surface area (Å²) in [5, 5.41) is 2.95. The molecule has 0 fully saturated rings. The highest BCUT2D eigenvalue weighted by Crippen LogP contribution is 2.21. The number of nitrogens with zero attached hydrogens (tertiary/aromatic N) is 1. The standard InChI is InChI=1S/C20H21N3O2/c1-14-21-13-19(22-14)16-6-4-7-17(12-16)23-20(24)10-9-15-5-3-8-18(11-15)25-2/h3-8,11-13H,9-10H2,1-2H3,(H,21,22)(H,23,24). The molecule has 0 aliphatic rings. The van der Waals surface area contributed by atoms with Gasteiger partial charge in [0.25, 0.3) is 0 Å². The van der Waals surface area contributed by atoms with Gasteiger partial charge in [-0.25, -0.2) is 4.98 Å². The fourth-order valence-corrected chi connectivity index (χ4v) is 2.64. The maximum atomic E-state index is 12.2. The second kappa shape index (κ2) is 7.66. The van der Waals surface area contributed by atoms with Gasteiger partial charge in [0, 0.05) is 17.7 Å². The SMILES string of the molecule is COc1cccc(CCC(=O)Nc2cccc(-c3cnc(C)[nH]3)c2)c1. The van der Waals surface area contributed by atoms with E-state index in [1.54, 1.807) is 13.3 Å². The summed E-state index contributed by atoms with van der Waals surface area (Å²) in [5.41, 5.74) is 3.78. The molecule has 1 heterocycles. The number of imidazole rings is 1. The number of carbonyl (C=O) groups excluding carboxylic acids is 1. The van der Waals surface area contributed by atoms with Crippen molar-refractivity contribution in [2.75, 3.05) is 12.4 Å². The molecule has 0 unspecified atom stereocenters. The Kier molecular flexibility index (Phi) is 5.14. The molecule has 0 aliphatic heterocycles. The number of nitrogens with one attached hydrogen (secondary N) is 2. The lowest BCUT2D eigenvalue weighted by molar-refractivity contribution is -0.116. The van der Waals surface area contributed by atoms with Crippen LogP contribution in [0, 0.1) is 6.92 Å². The van der Waals surface area contributed by atoms with E-state index in [9.17, 15) is 4.79 Å². The maximum absolute atomic E-state index is 12.2. The van der Waals surface area contributed by atoms with Crippen LogP contribution < -0.4 is 10.1 Å². The molecule has 1 aromatic heterocycles. The van der Waals surface area contributed by atoms with Crippen LogP contribution in [0.2, 0.25) is 0 Å². The van der Waals surface area contributed by atoms with Crippen molar-refractivity contribution in [3.63, 3.8) is 0 Å². The third-order valence-electron chi connectivity index (χ3n) is 3.94. The smallest absolute Gasteiger partial charge is 0.224 e. The highest BCUT2D eigenvalue weighted by Gasteiger charge is 2.06. The summed E-state index contributed by atoms with van der Waals surface area (Å²) in [5.74, 6) is 1.66. The van der Waals surface area contributed by atoms with E-state index in [0.29, 0.717) is 12.8 Å². The Bertz CT molecular complexity index is 871. The fraction of sp³-hybridized carbons (Fsp3) is 0.200. The number of aromatic amines is 1. The molecule has 25 heavy (non-hydrogen) atoms. The van der Waals surface area contributed by atoms with Crippen LogP contribution in [0.4, 0.5) is 5.69 Å². The highest BCUT2D eigenvalue weighted by atomic mass is 16.5. The molecule has 2 aromatic carbocycles. The lowest BCUT2D eigenvalue weighted by Gasteiger charge is -2.08. The van der Waals surface area contributed by atoms with Crippen LogP contribution in [0.1, 0.15) is 17.8 Å². The summed E-state index contributed by atoms with van der Waals surface area (Å²) in [6.45, 7) is 1.91. The molecule has 0 aliphatic carbocycles. The molecular weight excluding hydrogens is 314 g/mol. The maximum Gasteiger partial charge on any atom is 0.224 e. The second-order valence-corrected chi connectivity index (χ2v) is 5.86. The molecule has 0 radical (unpaired) electrons. The van der Waals surface area contributed by atoms with Gasteiger partial charge in [0.15, 0.2) is 0 Å². The van der Waals surface area contributed by atoms with E-state index in [2.05, 4.69) is 15.3 Å². The predicted octanol–water partition coefficient (Wildman–Crippen LogP) is 3.97. The fourth-order valence-electron chi connectivity index (χ4n) is 2.64. The van der Waals surface area contributed by atoms with E-state index >= 15 is 0 Å². The molecule has 3 rings (SSSR count). The predicted molar refractivity (Wildman–Crippen MR) is 98.7 cm³/mol. The summed E-state index contributed by atoms with van der Waals surface area (Å²) < 4.78 is 5.21. The van der Waals surface area contributed by atoms with Crippen molar-refractivity contribution in [2.24, 2.45) is 0 Å². The molecule has 0 saturated heterocycles. The molecule has 0 spiro atoms. The summed E-state index contributed by atoms with van der Waals surface area (Å²) in [7, 11) is 1.64. The molecule has 1 amide bonds. The number of aromatic nitrogens is 2. The summed E-state index contributed by atoms with van der Waals surface area (Å²) in [6.07, 6.45) is 2.88. The summed E-state index contributed by atoms with van der Waals surface area (Å²) in [6, 6.07) is 15.5. The summed E-state index contributed by atoms with van der Waals surface area (Å²) >= 11 is 0. The Morgan fingerprint density at radius 2 is 2.04 bits per heavy atom. The number of anilines is 1. The monoisotopic (exact) mass is 335 g/mol. The topological polar surface area (TPSA) is 67.0 Å². The van der Waals surface area contributed by atoms with Crippen LogP contribution in [-0.2, 0) is 11.2 Å². The van der Waals surface area contributed by atoms with Crippen LogP contribution in [0.3, 0.4) is 0 Å². The lowest BCUT2D eigenvalue weighted by atomic mass is 10.1. The number of amides is 1. The van der Waals surface area contributed by atoms with Crippen molar-refractivity contribution in [3.8, 4) is 17.0 Å². The van der Waals surface area contributed by atoms with E-state index in [4.69, 9.17) is 4.74 Å². The second-order valence-electron chi connectivity index (χ2n) is 5.86. The Balaban J connectivity index is 1.61. The van der Waals surface area contributed by atoms with Gasteiger partial charge in [-0.05, 0) is 43.2 Å². The first-order chi connectivity index (χ1) is 12.1. The van der Waals surface area contributed by atoms with Gasteiger partial charge in [-0.1, -0.05) is 24.3 Å². The normalized spacial score (nSPS) is 10.5. The quantitative estimate of drug-likeness (QED) is 0.716. The third kappa shape index (κ3) is 4.47. The Morgan fingerprint density at radius 3 is 2.80 bits per heavy atom. The first-order valence-corrected chi connectivity index (χ1v) is 8.19. The zero-order valence-corrected chi connectivity index (χ0v) is 14.4. The van der Waals surface area contributed by atoms with E-state index in [1.807, 2.05) is 55.5 Å². The minimum atomic E-state index is -0.0132. The zero-order chi connectivity index (χ0) is 17.6. The molecule has 0 bridgehead atoms. The molecule has 5 nitrogen and oxygen atoms in total. The van der Waals surface area contributed by atoms with Gasteiger partial charge in [-0.3, -0.25) is 4.79 Å². The van der Waals surface area contributed by atoms with E-state index < -0.39 is 0 Å². The Hall–Kier alpha value is -3.08. The molecular formula is C20H21N3O2.